The first-order valence-corrected chi connectivity index (χ1v) is 9.64. The van der Waals surface area contributed by atoms with E-state index in [1.165, 1.54) is 12.1 Å². The zero-order chi connectivity index (χ0) is 21.0. The molecule has 0 bridgehead atoms. The van der Waals surface area contributed by atoms with E-state index in [9.17, 15) is 14.9 Å². The summed E-state index contributed by atoms with van der Waals surface area (Å²) in [5.41, 5.74) is 7.17. The number of hydrazone groups is 1. The molecular formula is C21H19BrN4O3. The highest BCUT2D eigenvalue weighted by atomic mass is 79.9. The molecule has 0 radical (unpaired) electrons. The van der Waals surface area contributed by atoms with Gasteiger partial charge in [-0.15, -0.1) is 0 Å². The second kappa shape index (κ2) is 8.83. The summed E-state index contributed by atoms with van der Waals surface area (Å²) in [6, 6.07) is 15.9. The Morgan fingerprint density at radius 1 is 1.21 bits per heavy atom. The van der Waals surface area contributed by atoms with Crippen LogP contribution >= 0.6 is 15.9 Å². The van der Waals surface area contributed by atoms with Crippen LogP contribution < -0.4 is 5.43 Å². The Hall–Kier alpha value is -3.26. The zero-order valence-corrected chi connectivity index (χ0v) is 17.5. The van der Waals surface area contributed by atoms with E-state index in [-0.39, 0.29) is 18.0 Å². The zero-order valence-electron chi connectivity index (χ0n) is 15.9. The monoisotopic (exact) mass is 454 g/mol. The number of halogens is 1. The molecule has 3 aromatic rings. The summed E-state index contributed by atoms with van der Waals surface area (Å²) in [4.78, 5) is 22.3. The molecule has 1 N–H and O–H groups in total. The van der Waals surface area contributed by atoms with Crippen molar-refractivity contribution in [3.05, 3.63) is 91.7 Å². The average Bonchev–Trinajstić information content (AvgIpc) is 2.95. The van der Waals surface area contributed by atoms with Crippen molar-refractivity contribution in [2.45, 2.75) is 20.3 Å². The molecule has 148 valence electrons. The van der Waals surface area contributed by atoms with E-state index in [2.05, 4.69) is 31.0 Å². The molecule has 1 heterocycles. The van der Waals surface area contributed by atoms with E-state index in [1.54, 1.807) is 18.3 Å². The summed E-state index contributed by atoms with van der Waals surface area (Å²) in [6.07, 6.45) is 1.71. The minimum Gasteiger partial charge on any atom is -0.318 e. The molecule has 3 rings (SSSR count). The second-order valence-electron chi connectivity index (χ2n) is 6.54. The first kappa shape index (κ1) is 20.5. The summed E-state index contributed by atoms with van der Waals surface area (Å²) in [7, 11) is 0. The number of non-ortho nitro benzene ring substituents is 1. The molecule has 0 spiro atoms. The maximum Gasteiger partial charge on any atom is 0.269 e. The number of carbonyl (C=O) groups excluding carboxylic acids is 1. The average molecular weight is 455 g/mol. The highest BCUT2D eigenvalue weighted by molar-refractivity contribution is 9.10. The van der Waals surface area contributed by atoms with Crippen LogP contribution in [0.15, 0.2) is 64.2 Å². The van der Waals surface area contributed by atoms with Crippen LogP contribution in [-0.4, -0.2) is 21.6 Å². The van der Waals surface area contributed by atoms with Crippen LogP contribution in [-0.2, 0) is 11.2 Å². The van der Waals surface area contributed by atoms with Crippen LogP contribution in [0.4, 0.5) is 5.69 Å². The fourth-order valence-corrected chi connectivity index (χ4v) is 3.45. The van der Waals surface area contributed by atoms with Crippen molar-refractivity contribution in [3.8, 4) is 5.69 Å². The third-order valence-corrected chi connectivity index (χ3v) is 4.93. The number of benzene rings is 2. The Kier molecular flexibility index (Phi) is 6.23. The molecule has 0 saturated heterocycles. The lowest BCUT2D eigenvalue weighted by Crippen LogP contribution is -2.19. The molecule has 7 nitrogen and oxygen atoms in total. The number of carbonyl (C=O) groups is 1. The van der Waals surface area contributed by atoms with Gasteiger partial charge in [0.25, 0.3) is 5.69 Å². The van der Waals surface area contributed by atoms with Crippen LogP contribution in [0.5, 0.6) is 0 Å². The number of amides is 1. The number of nitrogens with zero attached hydrogens (tertiary/aromatic N) is 3. The lowest BCUT2D eigenvalue weighted by atomic mass is 10.1. The molecule has 0 atom stereocenters. The van der Waals surface area contributed by atoms with E-state index < -0.39 is 4.92 Å². The van der Waals surface area contributed by atoms with Crippen molar-refractivity contribution in [2.24, 2.45) is 5.10 Å². The number of nitro benzene ring substituents is 1. The Labute approximate surface area is 176 Å². The van der Waals surface area contributed by atoms with Gasteiger partial charge in [-0.2, -0.15) is 5.10 Å². The van der Waals surface area contributed by atoms with Crippen molar-refractivity contribution < 1.29 is 9.72 Å². The van der Waals surface area contributed by atoms with Crippen molar-refractivity contribution in [1.29, 1.82) is 0 Å². The van der Waals surface area contributed by atoms with Crippen LogP contribution in [0.1, 0.15) is 22.5 Å². The Morgan fingerprint density at radius 3 is 2.59 bits per heavy atom. The third kappa shape index (κ3) is 4.97. The van der Waals surface area contributed by atoms with Gasteiger partial charge in [-0.25, -0.2) is 5.43 Å². The van der Waals surface area contributed by atoms with E-state index in [0.29, 0.717) is 5.56 Å². The Balaban J connectivity index is 1.66. The molecule has 1 amide bonds. The first-order valence-electron chi connectivity index (χ1n) is 8.85. The lowest BCUT2D eigenvalue weighted by Gasteiger charge is -2.09. The number of nitro groups is 1. The van der Waals surface area contributed by atoms with Gasteiger partial charge in [0.15, 0.2) is 0 Å². The predicted molar refractivity (Wildman–Crippen MR) is 115 cm³/mol. The van der Waals surface area contributed by atoms with E-state index >= 15 is 0 Å². The van der Waals surface area contributed by atoms with Crippen LogP contribution in [0.3, 0.4) is 0 Å². The molecular weight excluding hydrogens is 436 g/mol. The number of aromatic nitrogens is 1. The Morgan fingerprint density at radius 2 is 1.93 bits per heavy atom. The van der Waals surface area contributed by atoms with E-state index in [0.717, 1.165) is 27.1 Å². The van der Waals surface area contributed by atoms with Crippen molar-refractivity contribution in [2.75, 3.05) is 0 Å². The third-order valence-electron chi connectivity index (χ3n) is 4.44. The summed E-state index contributed by atoms with van der Waals surface area (Å²) in [6.45, 7) is 4.01. The molecule has 0 aliphatic carbocycles. The maximum absolute atomic E-state index is 12.1. The fourth-order valence-electron chi connectivity index (χ4n) is 3.07. The highest BCUT2D eigenvalue weighted by Crippen LogP contribution is 2.22. The maximum atomic E-state index is 12.1. The quantitative estimate of drug-likeness (QED) is 0.338. The summed E-state index contributed by atoms with van der Waals surface area (Å²) in [5, 5.41) is 14.7. The second-order valence-corrected chi connectivity index (χ2v) is 7.45. The van der Waals surface area contributed by atoms with Gasteiger partial charge < -0.3 is 4.57 Å². The number of hydrogen-bond donors (Lipinski definition) is 1. The van der Waals surface area contributed by atoms with Gasteiger partial charge in [-0.05, 0) is 43.7 Å². The smallest absolute Gasteiger partial charge is 0.269 e. The van der Waals surface area contributed by atoms with Gasteiger partial charge in [0.05, 0.1) is 17.6 Å². The number of rotatable bonds is 6. The number of aryl methyl sites for hydroxylation is 1. The standard InChI is InChI=1S/C21H19BrN4O3/c1-14-10-17(15(2)25(14)20-5-3-4-18(22)12-20)13-23-24-21(27)11-16-6-8-19(9-7-16)26(28)29/h3-10,12-13H,11H2,1-2H3,(H,24,27)/b23-13-. The van der Waals surface area contributed by atoms with Gasteiger partial charge in [0.2, 0.25) is 5.91 Å². The summed E-state index contributed by atoms with van der Waals surface area (Å²) < 4.78 is 3.11. The molecule has 0 saturated carbocycles. The highest BCUT2D eigenvalue weighted by Gasteiger charge is 2.10. The van der Waals surface area contributed by atoms with Crippen LogP contribution in [0.25, 0.3) is 5.69 Å². The van der Waals surface area contributed by atoms with Gasteiger partial charge in [0.1, 0.15) is 0 Å². The molecule has 2 aromatic carbocycles. The van der Waals surface area contributed by atoms with Gasteiger partial charge in [-0.1, -0.05) is 34.1 Å². The first-order chi connectivity index (χ1) is 13.8. The van der Waals surface area contributed by atoms with Crippen LogP contribution in [0, 0.1) is 24.0 Å². The van der Waals surface area contributed by atoms with E-state index in [4.69, 9.17) is 0 Å². The summed E-state index contributed by atoms with van der Waals surface area (Å²) >= 11 is 3.49. The Bertz CT molecular complexity index is 1090. The van der Waals surface area contributed by atoms with E-state index in [1.807, 2.05) is 44.2 Å². The van der Waals surface area contributed by atoms with Gasteiger partial charge in [-0.3, -0.25) is 14.9 Å². The normalized spacial score (nSPS) is 11.0. The summed E-state index contributed by atoms with van der Waals surface area (Å²) in [5.74, 6) is -0.295. The molecule has 0 unspecified atom stereocenters. The SMILES string of the molecule is Cc1cc(/C=N\NC(=O)Cc2ccc([N+](=O)[O-])cc2)c(C)n1-c1cccc(Br)c1. The fraction of sp³-hybridized carbons (Fsp3) is 0.143. The minimum absolute atomic E-state index is 0.00650. The van der Waals surface area contributed by atoms with Crippen molar-refractivity contribution >= 4 is 33.7 Å². The van der Waals surface area contributed by atoms with Crippen molar-refractivity contribution in [3.63, 3.8) is 0 Å². The largest absolute Gasteiger partial charge is 0.318 e. The predicted octanol–water partition coefficient (Wildman–Crippen LogP) is 4.46. The minimum atomic E-state index is -0.473. The number of hydrogen-bond acceptors (Lipinski definition) is 4. The number of nitrogens with one attached hydrogen (secondary N) is 1. The molecule has 29 heavy (non-hydrogen) atoms. The molecule has 0 aliphatic heterocycles. The lowest BCUT2D eigenvalue weighted by molar-refractivity contribution is -0.384. The molecule has 8 heteroatoms. The van der Waals surface area contributed by atoms with Gasteiger partial charge in [0, 0.05) is 39.2 Å². The molecule has 1 aromatic heterocycles. The molecule has 0 aliphatic rings. The van der Waals surface area contributed by atoms with Crippen molar-refractivity contribution in [1.82, 2.24) is 9.99 Å². The topological polar surface area (TPSA) is 89.5 Å². The van der Waals surface area contributed by atoms with Gasteiger partial charge >= 0.3 is 0 Å². The van der Waals surface area contributed by atoms with Crippen LogP contribution in [0.2, 0.25) is 0 Å². The molecule has 0 fully saturated rings.